The van der Waals surface area contributed by atoms with E-state index in [0.717, 1.165) is 4.47 Å². The van der Waals surface area contributed by atoms with Gasteiger partial charge < -0.3 is 9.47 Å². The summed E-state index contributed by atoms with van der Waals surface area (Å²) in [7, 11) is 0. The molecule has 0 aliphatic carbocycles. The molecule has 2 nitrogen and oxygen atoms in total. The summed E-state index contributed by atoms with van der Waals surface area (Å²) in [6.07, 6.45) is 0.277. The molecule has 0 N–H and O–H groups in total. The highest BCUT2D eigenvalue weighted by atomic mass is 79.9. The molecule has 1 aromatic carbocycles. The van der Waals surface area contributed by atoms with Gasteiger partial charge in [-0.05, 0) is 31.5 Å². The van der Waals surface area contributed by atoms with Crippen LogP contribution in [0.4, 0.5) is 0 Å². The second-order valence-electron chi connectivity index (χ2n) is 3.60. The molecule has 0 aliphatic heterocycles. The smallest absolute Gasteiger partial charge is 0.0718 e. The molecule has 0 heterocycles. The fraction of sp³-hybridized carbons (Fsp3) is 0.500. The summed E-state index contributed by atoms with van der Waals surface area (Å²) in [6, 6.07) is 8.12. The maximum absolute atomic E-state index is 5.48. The molecule has 15 heavy (non-hydrogen) atoms. The van der Waals surface area contributed by atoms with Crippen LogP contribution in [-0.4, -0.2) is 19.3 Å². The third-order valence-corrected chi connectivity index (χ3v) is 2.33. The van der Waals surface area contributed by atoms with Crippen LogP contribution >= 0.6 is 15.9 Å². The van der Waals surface area contributed by atoms with E-state index >= 15 is 0 Å². The van der Waals surface area contributed by atoms with Gasteiger partial charge >= 0.3 is 0 Å². The zero-order chi connectivity index (χ0) is 11.1. The average Bonchev–Trinajstić information content (AvgIpc) is 2.17. The van der Waals surface area contributed by atoms with Crippen LogP contribution in [0.15, 0.2) is 28.7 Å². The quantitative estimate of drug-likeness (QED) is 0.740. The summed E-state index contributed by atoms with van der Waals surface area (Å²) >= 11 is 3.42. The Bertz CT molecular complexity index is 287. The van der Waals surface area contributed by atoms with Gasteiger partial charge in [-0.1, -0.05) is 28.1 Å². The average molecular weight is 273 g/mol. The van der Waals surface area contributed by atoms with E-state index in [-0.39, 0.29) is 6.10 Å². The molecule has 0 saturated heterocycles. The number of rotatable bonds is 6. The van der Waals surface area contributed by atoms with Gasteiger partial charge in [0.05, 0.1) is 25.9 Å². The minimum Gasteiger partial charge on any atom is -0.376 e. The Morgan fingerprint density at radius 2 is 2.07 bits per heavy atom. The third kappa shape index (κ3) is 5.92. The number of hydrogen-bond acceptors (Lipinski definition) is 2. The van der Waals surface area contributed by atoms with Gasteiger partial charge in [-0.25, -0.2) is 0 Å². The van der Waals surface area contributed by atoms with E-state index in [0.29, 0.717) is 19.8 Å². The van der Waals surface area contributed by atoms with Crippen molar-refractivity contribution in [1.29, 1.82) is 0 Å². The fourth-order valence-electron chi connectivity index (χ4n) is 1.16. The summed E-state index contributed by atoms with van der Waals surface area (Å²) < 4.78 is 11.9. The summed E-state index contributed by atoms with van der Waals surface area (Å²) in [5, 5.41) is 0. The van der Waals surface area contributed by atoms with Crippen molar-refractivity contribution in [2.45, 2.75) is 26.6 Å². The molecule has 0 saturated carbocycles. The second kappa shape index (κ2) is 6.99. The highest BCUT2D eigenvalue weighted by Crippen LogP contribution is 2.12. The van der Waals surface area contributed by atoms with E-state index in [1.54, 1.807) is 0 Å². The largest absolute Gasteiger partial charge is 0.376 e. The van der Waals surface area contributed by atoms with Crippen molar-refractivity contribution in [3.63, 3.8) is 0 Å². The van der Waals surface area contributed by atoms with E-state index in [2.05, 4.69) is 22.0 Å². The normalized spacial score (nSPS) is 10.9. The van der Waals surface area contributed by atoms with Gasteiger partial charge in [-0.15, -0.1) is 0 Å². The summed E-state index contributed by atoms with van der Waals surface area (Å²) in [5.41, 5.74) is 1.17. The molecular weight excluding hydrogens is 256 g/mol. The van der Waals surface area contributed by atoms with E-state index in [1.165, 1.54) is 5.56 Å². The lowest BCUT2D eigenvalue weighted by Gasteiger charge is -2.08. The molecule has 84 valence electrons. The Morgan fingerprint density at radius 3 is 2.73 bits per heavy atom. The molecule has 1 rings (SSSR count). The van der Waals surface area contributed by atoms with Crippen molar-refractivity contribution < 1.29 is 9.47 Å². The van der Waals surface area contributed by atoms with Gasteiger partial charge in [0, 0.05) is 4.47 Å². The third-order valence-electron chi connectivity index (χ3n) is 1.84. The van der Waals surface area contributed by atoms with Crippen molar-refractivity contribution in [2.24, 2.45) is 0 Å². The lowest BCUT2D eigenvalue weighted by atomic mass is 10.2. The predicted molar refractivity (Wildman–Crippen MR) is 64.9 cm³/mol. The molecule has 0 fully saturated rings. The van der Waals surface area contributed by atoms with Crippen molar-refractivity contribution in [2.75, 3.05) is 13.2 Å². The molecule has 0 bridgehead atoms. The first kappa shape index (κ1) is 12.7. The highest BCUT2D eigenvalue weighted by molar-refractivity contribution is 9.10. The van der Waals surface area contributed by atoms with Gasteiger partial charge in [0.2, 0.25) is 0 Å². The SMILES string of the molecule is CC(C)OCCOCc1cccc(Br)c1. The minimum absolute atomic E-state index is 0.277. The second-order valence-corrected chi connectivity index (χ2v) is 4.52. The van der Waals surface area contributed by atoms with Crippen molar-refractivity contribution in [3.8, 4) is 0 Å². The number of ether oxygens (including phenoxy) is 2. The first-order valence-electron chi connectivity index (χ1n) is 5.12. The number of benzene rings is 1. The summed E-state index contributed by atoms with van der Waals surface area (Å²) in [5.74, 6) is 0. The van der Waals surface area contributed by atoms with Crippen LogP contribution in [0.5, 0.6) is 0 Å². The molecule has 1 aromatic rings. The molecule has 0 spiro atoms. The Kier molecular flexibility index (Phi) is 5.91. The molecule has 0 amide bonds. The lowest BCUT2D eigenvalue weighted by molar-refractivity contribution is 0.0143. The van der Waals surface area contributed by atoms with Crippen molar-refractivity contribution in [1.82, 2.24) is 0 Å². The summed E-state index contributed by atoms with van der Waals surface area (Å²) in [6.45, 7) is 5.99. The van der Waals surface area contributed by atoms with E-state index in [1.807, 2.05) is 32.0 Å². The van der Waals surface area contributed by atoms with Crippen LogP contribution in [-0.2, 0) is 16.1 Å². The topological polar surface area (TPSA) is 18.5 Å². The van der Waals surface area contributed by atoms with Gasteiger partial charge in [0.25, 0.3) is 0 Å². The Morgan fingerprint density at radius 1 is 1.27 bits per heavy atom. The van der Waals surface area contributed by atoms with Gasteiger partial charge in [0.15, 0.2) is 0 Å². The predicted octanol–water partition coefficient (Wildman–Crippen LogP) is 3.39. The van der Waals surface area contributed by atoms with Crippen LogP contribution < -0.4 is 0 Å². The van der Waals surface area contributed by atoms with Crippen LogP contribution in [0.1, 0.15) is 19.4 Å². The van der Waals surface area contributed by atoms with E-state index in [9.17, 15) is 0 Å². The van der Waals surface area contributed by atoms with E-state index < -0.39 is 0 Å². The molecule has 0 aromatic heterocycles. The monoisotopic (exact) mass is 272 g/mol. The van der Waals surface area contributed by atoms with Crippen LogP contribution in [0.2, 0.25) is 0 Å². The molecule has 0 unspecified atom stereocenters. The minimum atomic E-state index is 0.277. The van der Waals surface area contributed by atoms with Crippen molar-refractivity contribution in [3.05, 3.63) is 34.3 Å². The number of halogens is 1. The van der Waals surface area contributed by atoms with Gasteiger partial charge in [-0.2, -0.15) is 0 Å². The maximum Gasteiger partial charge on any atom is 0.0718 e. The molecule has 3 heteroatoms. The fourth-order valence-corrected chi connectivity index (χ4v) is 1.61. The van der Waals surface area contributed by atoms with Gasteiger partial charge in [-0.3, -0.25) is 0 Å². The van der Waals surface area contributed by atoms with Crippen LogP contribution in [0.25, 0.3) is 0 Å². The Hall–Kier alpha value is -0.380. The Balaban J connectivity index is 2.15. The number of hydrogen-bond donors (Lipinski definition) is 0. The zero-order valence-electron chi connectivity index (χ0n) is 9.20. The van der Waals surface area contributed by atoms with Crippen molar-refractivity contribution >= 4 is 15.9 Å². The first-order chi connectivity index (χ1) is 7.18. The highest BCUT2D eigenvalue weighted by Gasteiger charge is 1.95. The van der Waals surface area contributed by atoms with Gasteiger partial charge in [0.1, 0.15) is 0 Å². The lowest BCUT2D eigenvalue weighted by Crippen LogP contribution is -2.09. The standard InChI is InChI=1S/C12H17BrO2/c1-10(2)15-7-6-14-9-11-4-3-5-12(13)8-11/h3-5,8,10H,6-7,9H2,1-2H3. The first-order valence-corrected chi connectivity index (χ1v) is 5.91. The Labute approximate surface area is 99.7 Å². The molecule has 0 atom stereocenters. The maximum atomic E-state index is 5.48. The van der Waals surface area contributed by atoms with Crippen LogP contribution in [0.3, 0.4) is 0 Å². The molecule has 0 radical (unpaired) electrons. The van der Waals surface area contributed by atoms with Crippen LogP contribution in [0, 0.1) is 0 Å². The summed E-state index contributed by atoms with van der Waals surface area (Å²) in [4.78, 5) is 0. The molecular formula is C12H17BrO2. The van der Waals surface area contributed by atoms with E-state index in [4.69, 9.17) is 9.47 Å². The zero-order valence-corrected chi connectivity index (χ0v) is 10.8. The molecule has 0 aliphatic rings.